The monoisotopic (exact) mass is 369 g/mol. The quantitative estimate of drug-likeness (QED) is 0.835. The molecule has 0 aromatic carbocycles. The number of hydrogen-bond acceptors (Lipinski definition) is 5. The third-order valence-corrected chi connectivity index (χ3v) is 3.90. The molecule has 8 heteroatoms. The van der Waals surface area contributed by atoms with Gasteiger partial charge in [0.1, 0.15) is 11.3 Å². The minimum Gasteiger partial charge on any atom is -0.493 e. The highest BCUT2D eigenvalue weighted by molar-refractivity contribution is 5.82. The highest BCUT2D eigenvalue weighted by Gasteiger charge is 2.33. The van der Waals surface area contributed by atoms with E-state index in [9.17, 15) is 13.6 Å². The van der Waals surface area contributed by atoms with Crippen LogP contribution in [0.15, 0.2) is 12.3 Å². The Morgan fingerprint density at radius 1 is 1.35 bits per heavy atom. The van der Waals surface area contributed by atoms with Crippen LogP contribution in [0, 0.1) is 5.92 Å². The lowest BCUT2D eigenvalue weighted by Crippen LogP contribution is -2.27. The number of methoxy groups -OCH3 is 1. The normalized spacial score (nSPS) is 17.9. The number of amides is 1. The van der Waals surface area contributed by atoms with Crippen LogP contribution < -0.4 is 10.1 Å². The van der Waals surface area contributed by atoms with E-state index in [4.69, 9.17) is 9.47 Å². The van der Waals surface area contributed by atoms with Gasteiger partial charge in [-0.2, -0.15) is 0 Å². The van der Waals surface area contributed by atoms with Gasteiger partial charge in [0.25, 0.3) is 0 Å². The van der Waals surface area contributed by atoms with Crippen LogP contribution in [0.2, 0.25) is 0 Å². The summed E-state index contributed by atoms with van der Waals surface area (Å²) in [5.74, 6) is -1.98. The first-order chi connectivity index (χ1) is 12.1. The lowest BCUT2D eigenvalue weighted by Gasteiger charge is -2.26. The highest BCUT2D eigenvalue weighted by atomic mass is 19.3. The molecule has 6 nitrogen and oxygen atoms in total. The Morgan fingerprint density at radius 2 is 2.00 bits per heavy atom. The maximum atomic E-state index is 13.2. The molecule has 1 aliphatic rings. The Kier molecular flexibility index (Phi) is 6.15. The molecule has 0 bridgehead atoms. The predicted octanol–water partition coefficient (Wildman–Crippen LogP) is 4.67. The number of hydrogen-bond donors (Lipinski definition) is 1. The minimum absolute atomic E-state index is 0.0663. The van der Waals surface area contributed by atoms with E-state index in [1.54, 1.807) is 26.8 Å². The minimum atomic E-state index is -2.55. The number of carbonyl (C=O) groups is 1. The van der Waals surface area contributed by atoms with E-state index in [0.29, 0.717) is 24.3 Å². The van der Waals surface area contributed by atoms with Crippen LogP contribution in [0.4, 0.5) is 19.5 Å². The molecule has 0 radical (unpaired) electrons. The lowest BCUT2D eigenvalue weighted by atomic mass is 9.86. The summed E-state index contributed by atoms with van der Waals surface area (Å²) in [4.78, 5) is 20.1. The maximum Gasteiger partial charge on any atom is 0.414 e. The molecule has 1 aromatic rings. The number of alkyl halides is 2. The van der Waals surface area contributed by atoms with Crippen molar-refractivity contribution < 1.29 is 23.0 Å². The molecule has 0 saturated heterocycles. The predicted molar refractivity (Wildman–Crippen MR) is 94.4 cm³/mol. The summed E-state index contributed by atoms with van der Waals surface area (Å²) in [6.07, 6.45) is 5.01. The van der Waals surface area contributed by atoms with Crippen molar-refractivity contribution in [3.63, 3.8) is 0 Å². The first kappa shape index (κ1) is 20.1. The number of halogens is 2. The van der Waals surface area contributed by atoms with Gasteiger partial charge in [-0.1, -0.05) is 6.08 Å². The van der Waals surface area contributed by atoms with E-state index in [0.717, 1.165) is 0 Å². The van der Waals surface area contributed by atoms with Gasteiger partial charge in [-0.3, -0.25) is 5.32 Å². The van der Waals surface area contributed by atoms with Crippen molar-refractivity contribution >= 4 is 18.1 Å². The molecule has 144 valence electrons. The van der Waals surface area contributed by atoms with Crippen molar-refractivity contribution in [1.82, 2.24) is 9.97 Å². The molecule has 1 heterocycles. The second kappa shape index (κ2) is 7.97. The Labute approximate surface area is 152 Å². The van der Waals surface area contributed by atoms with Gasteiger partial charge in [0.15, 0.2) is 5.75 Å². The van der Waals surface area contributed by atoms with Gasteiger partial charge >= 0.3 is 6.09 Å². The van der Waals surface area contributed by atoms with Crippen LogP contribution in [0.1, 0.15) is 52.1 Å². The second-order valence-electron chi connectivity index (χ2n) is 7.33. The number of allylic oxidation sites excluding steroid dienone is 1. The van der Waals surface area contributed by atoms with Crippen LogP contribution >= 0.6 is 0 Å². The third-order valence-electron chi connectivity index (χ3n) is 3.90. The van der Waals surface area contributed by atoms with Crippen molar-refractivity contribution in [2.24, 2.45) is 5.92 Å². The summed E-state index contributed by atoms with van der Waals surface area (Å²) in [5.41, 5.74) is -0.173. The van der Waals surface area contributed by atoms with E-state index in [1.165, 1.54) is 13.3 Å². The van der Waals surface area contributed by atoms with Crippen molar-refractivity contribution in [1.29, 1.82) is 0 Å². The molecule has 1 N–H and O–H groups in total. The van der Waals surface area contributed by atoms with Crippen molar-refractivity contribution in [2.45, 2.75) is 58.0 Å². The topological polar surface area (TPSA) is 73.3 Å². The van der Waals surface area contributed by atoms with Crippen LogP contribution in [-0.4, -0.2) is 34.7 Å². The summed E-state index contributed by atoms with van der Waals surface area (Å²) < 4.78 is 36.9. The van der Waals surface area contributed by atoms with Gasteiger partial charge in [0.2, 0.25) is 11.9 Å². The lowest BCUT2D eigenvalue weighted by molar-refractivity contribution is -0.0410. The highest BCUT2D eigenvalue weighted by Crippen LogP contribution is 2.37. The van der Waals surface area contributed by atoms with Gasteiger partial charge in [0, 0.05) is 12.8 Å². The van der Waals surface area contributed by atoms with Crippen LogP contribution in [0.25, 0.3) is 6.08 Å². The van der Waals surface area contributed by atoms with E-state index in [2.05, 4.69) is 15.3 Å². The average Bonchev–Trinajstić information content (AvgIpc) is 2.52. The second-order valence-corrected chi connectivity index (χ2v) is 7.33. The van der Waals surface area contributed by atoms with E-state index < -0.39 is 17.6 Å². The molecule has 1 aromatic heterocycles. The molecule has 0 aliphatic heterocycles. The molecular weight excluding hydrogens is 344 g/mol. The standard InChI is InChI=1S/C18H25F2N3O3/c1-17(2,3)26-16(24)23-15-21-11-14(25-4)13(22-15)6-5-12-7-9-18(19,20)10-8-12/h5-6,11-12H,7-10H2,1-4H3,(H,21,22,23,24)/b6-5+. The first-order valence-corrected chi connectivity index (χ1v) is 8.55. The molecular formula is C18H25F2N3O3. The van der Waals surface area contributed by atoms with Gasteiger partial charge in [0.05, 0.1) is 13.3 Å². The molecule has 0 spiro atoms. The summed E-state index contributed by atoms with van der Waals surface area (Å²) in [5, 5.41) is 2.47. The number of rotatable bonds is 4. The Morgan fingerprint density at radius 3 is 2.58 bits per heavy atom. The fourth-order valence-electron chi connectivity index (χ4n) is 2.60. The average molecular weight is 369 g/mol. The molecule has 26 heavy (non-hydrogen) atoms. The molecule has 1 amide bonds. The van der Waals surface area contributed by atoms with Crippen molar-refractivity contribution in [3.05, 3.63) is 18.0 Å². The summed E-state index contributed by atoms with van der Waals surface area (Å²) in [7, 11) is 1.48. The van der Waals surface area contributed by atoms with Crippen LogP contribution in [-0.2, 0) is 4.74 Å². The third kappa shape index (κ3) is 6.24. The van der Waals surface area contributed by atoms with Crippen molar-refractivity contribution in [3.8, 4) is 5.75 Å². The Balaban J connectivity index is 2.07. The van der Waals surface area contributed by atoms with Crippen LogP contribution in [0.3, 0.4) is 0 Å². The Hall–Kier alpha value is -2.25. The fraction of sp³-hybridized carbons (Fsp3) is 0.611. The van der Waals surface area contributed by atoms with Crippen molar-refractivity contribution in [2.75, 3.05) is 12.4 Å². The number of nitrogens with one attached hydrogen (secondary N) is 1. The number of ether oxygens (including phenoxy) is 2. The Bertz CT molecular complexity index is 662. The molecule has 0 atom stereocenters. The zero-order valence-electron chi connectivity index (χ0n) is 15.5. The van der Waals surface area contributed by atoms with Gasteiger partial charge in [-0.15, -0.1) is 0 Å². The molecule has 1 fully saturated rings. The molecule has 0 unspecified atom stereocenters. The fourth-order valence-corrected chi connectivity index (χ4v) is 2.60. The molecule has 1 aliphatic carbocycles. The van der Waals surface area contributed by atoms with E-state index in [1.807, 2.05) is 6.08 Å². The zero-order valence-corrected chi connectivity index (χ0v) is 15.5. The summed E-state index contributed by atoms with van der Waals surface area (Å²) in [6.45, 7) is 5.26. The SMILES string of the molecule is COc1cnc(NC(=O)OC(C)(C)C)nc1/C=C/C1CCC(F)(F)CC1. The first-order valence-electron chi connectivity index (χ1n) is 8.55. The maximum absolute atomic E-state index is 13.2. The summed E-state index contributed by atoms with van der Waals surface area (Å²) in [6, 6.07) is 0. The van der Waals surface area contributed by atoms with Gasteiger partial charge < -0.3 is 9.47 Å². The largest absolute Gasteiger partial charge is 0.493 e. The van der Waals surface area contributed by atoms with E-state index >= 15 is 0 Å². The zero-order chi connectivity index (χ0) is 19.4. The smallest absolute Gasteiger partial charge is 0.414 e. The van der Waals surface area contributed by atoms with E-state index in [-0.39, 0.29) is 24.7 Å². The molecule has 1 saturated carbocycles. The van der Waals surface area contributed by atoms with Crippen LogP contribution in [0.5, 0.6) is 5.75 Å². The van der Waals surface area contributed by atoms with Gasteiger partial charge in [-0.25, -0.2) is 23.5 Å². The number of carbonyl (C=O) groups excluding carboxylic acids is 1. The molecule has 2 rings (SSSR count). The number of aromatic nitrogens is 2. The van der Waals surface area contributed by atoms with Gasteiger partial charge in [-0.05, 0) is 45.6 Å². The number of nitrogens with zero attached hydrogens (tertiary/aromatic N) is 2. The summed E-state index contributed by atoms with van der Waals surface area (Å²) >= 11 is 0. The number of anilines is 1.